The quantitative estimate of drug-likeness (QED) is 0.808. The van der Waals surface area contributed by atoms with E-state index in [0.717, 1.165) is 17.7 Å². The monoisotopic (exact) mass is 291 g/mol. The summed E-state index contributed by atoms with van der Waals surface area (Å²) < 4.78 is 25.8. The fourth-order valence-electron chi connectivity index (χ4n) is 1.77. The second-order valence-corrected chi connectivity index (χ2v) is 4.62. The lowest BCUT2D eigenvalue weighted by Gasteiger charge is -2.10. The lowest BCUT2D eigenvalue weighted by atomic mass is 10.1. The molecule has 21 heavy (non-hydrogen) atoms. The first-order valence-corrected chi connectivity index (χ1v) is 6.34. The van der Waals surface area contributed by atoms with Crippen molar-refractivity contribution in [1.29, 1.82) is 0 Å². The highest BCUT2D eigenvalue weighted by molar-refractivity contribution is 5.99. The molecule has 6 heteroatoms. The molecule has 1 unspecified atom stereocenters. The maximum Gasteiger partial charge on any atom is 0.323 e. The highest BCUT2D eigenvalue weighted by atomic mass is 19.2. The first-order chi connectivity index (χ1) is 9.95. The second kappa shape index (κ2) is 6.32. The van der Waals surface area contributed by atoms with Crippen LogP contribution in [0, 0.1) is 11.6 Å². The third-order valence-corrected chi connectivity index (χ3v) is 2.85. The number of hydrogen-bond donors (Lipinski definition) is 3. The Kier molecular flexibility index (Phi) is 4.49. The van der Waals surface area contributed by atoms with Crippen LogP contribution in [-0.2, 0) is 0 Å². The first-order valence-electron chi connectivity index (χ1n) is 6.34. The Morgan fingerprint density at radius 2 is 1.71 bits per heavy atom. The summed E-state index contributed by atoms with van der Waals surface area (Å²) in [5, 5.41) is 5.02. The SMILES string of the molecule is CC(N)c1cccc(NC(=O)Nc2ccc(F)c(F)c2)c1. The molecule has 110 valence electrons. The van der Waals surface area contributed by atoms with E-state index in [1.54, 1.807) is 18.2 Å². The van der Waals surface area contributed by atoms with Crippen molar-refractivity contribution >= 4 is 17.4 Å². The molecule has 0 saturated carbocycles. The molecule has 2 rings (SSSR count). The largest absolute Gasteiger partial charge is 0.324 e. The van der Waals surface area contributed by atoms with E-state index in [2.05, 4.69) is 10.6 Å². The molecule has 0 bridgehead atoms. The van der Waals surface area contributed by atoms with Crippen LogP contribution in [-0.4, -0.2) is 6.03 Å². The van der Waals surface area contributed by atoms with Crippen LogP contribution in [0.3, 0.4) is 0 Å². The van der Waals surface area contributed by atoms with Gasteiger partial charge in [0.25, 0.3) is 0 Å². The number of carbonyl (C=O) groups excluding carboxylic acids is 1. The van der Waals surface area contributed by atoms with E-state index < -0.39 is 17.7 Å². The third kappa shape index (κ3) is 4.00. The zero-order chi connectivity index (χ0) is 15.4. The average molecular weight is 291 g/mol. The number of carbonyl (C=O) groups is 1. The first kappa shape index (κ1) is 14.9. The topological polar surface area (TPSA) is 67.1 Å². The number of benzene rings is 2. The average Bonchev–Trinajstić information content (AvgIpc) is 2.43. The van der Waals surface area contributed by atoms with Gasteiger partial charge >= 0.3 is 6.03 Å². The Hall–Kier alpha value is -2.47. The fourth-order valence-corrected chi connectivity index (χ4v) is 1.77. The van der Waals surface area contributed by atoms with Crippen LogP contribution in [0.5, 0.6) is 0 Å². The molecule has 0 spiro atoms. The molecule has 4 nitrogen and oxygen atoms in total. The number of nitrogens with one attached hydrogen (secondary N) is 2. The number of amides is 2. The zero-order valence-electron chi connectivity index (χ0n) is 11.4. The number of urea groups is 1. The third-order valence-electron chi connectivity index (χ3n) is 2.85. The molecular weight excluding hydrogens is 276 g/mol. The van der Waals surface area contributed by atoms with Gasteiger partial charge in [-0.05, 0) is 36.8 Å². The zero-order valence-corrected chi connectivity index (χ0v) is 11.4. The van der Waals surface area contributed by atoms with Crippen molar-refractivity contribution in [2.24, 2.45) is 5.73 Å². The minimum Gasteiger partial charge on any atom is -0.324 e. The van der Waals surface area contributed by atoms with E-state index in [9.17, 15) is 13.6 Å². The van der Waals surface area contributed by atoms with Crippen LogP contribution in [0.25, 0.3) is 0 Å². The van der Waals surface area contributed by atoms with Gasteiger partial charge < -0.3 is 16.4 Å². The van der Waals surface area contributed by atoms with Crippen LogP contribution < -0.4 is 16.4 Å². The molecule has 0 saturated heterocycles. The van der Waals surface area contributed by atoms with Crippen LogP contribution in [0.15, 0.2) is 42.5 Å². The van der Waals surface area contributed by atoms with E-state index in [-0.39, 0.29) is 11.7 Å². The molecule has 0 aliphatic carbocycles. The predicted octanol–water partition coefficient (Wildman–Crippen LogP) is 3.63. The molecule has 1 atom stereocenters. The summed E-state index contributed by atoms with van der Waals surface area (Å²) in [6, 6.07) is 9.50. The smallest absolute Gasteiger partial charge is 0.323 e. The summed E-state index contributed by atoms with van der Waals surface area (Å²) in [6.45, 7) is 1.83. The highest BCUT2D eigenvalue weighted by Crippen LogP contribution is 2.17. The van der Waals surface area contributed by atoms with Crippen LogP contribution in [0.1, 0.15) is 18.5 Å². The molecule has 2 aromatic carbocycles. The molecule has 0 heterocycles. The molecule has 0 fully saturated rings. The molecule has 0 aliphatic rings. The number of hydrogen-bond acceptors (Lipinski definition) is 2. The van der Waals surface area contributed by atoms with Gasteiger partial charge in [-0.3, -0.25) is 0 Å². The molecule has 4 N–H and O–H groups in total. The minimum atomic E-state index is -1.02. The van der Waals surface area contributed by atoms with Gasteiger partial charge in [-0.1, -0.05) is 12.1 Å². The lowest BCUT2D eigenvalue weighted by molar-refractivity contribution is 0.262. The summed E-state index contributed by atoms with van der Waals surface area (Å²) in [6.07, 6.45) is 0. The minimum absolute atomic E-state index is 0.152. The molecule has 0 aliphatic heterocycles. The Bertz CT molecular complexity index is 659. The van der Waals surface area contributed by atoms with Crippen molar-refractivity contribution in [3.63, 3.8) is 0 Å². The van der Waals surface area contributed by atoms with Crippen molar-refractivity contribution < 1.29 is 13.6 Å². The van der Waals surface area contributed by atoms with E-state index in [1.165, 1.54) is 6.07 Å². The van der Waals surface area contributed by atoms with Gasteiger partial charge in [-0.25, -0.2) is 13.6 Å². The predicted molar refractivity (Wildman–Crippen MR) is 78.0 cm³/mol. The molecule has 2 amide bonds. The van der Waals surface area contributed by atoms with Crippen molar-refractivity contribution in [2.75, 3.05) is 10.6 Å². The van der Waals surface area contributed by atoms with Crippen molar-refractivity contribution in [3.05, 3.63) is 59.7 Å². The second-order valence-electron chi connectivity index (χ2n) is 4.62. The van der Waals surface area contributed by atoms with Gasteiger partial charge in [0.2, 0.25) is 0 Å². The summed E-state index contributed by atoms with van der Waals surface area (Å²) in [4.78, 5) is 11.8. The van der Waals surface area contributed by atoms with Crippen molar-refractivity contribution in [2.45, 2.75) is 13.0 Å². The maximum atomic E-state index is 13.0. The van der Waals surface area contributed by atoms with Crippen molar-refractivity contribution in [3.8, 4) is 0 Å². The normalized spacial score (nSPS) is 11.8. The number of anilines is 2. The van der Waals surface area contributed by atoms with Gasteiger partial charge in [0.1, 0.15) is 0 Å². The van der Waals surface area contributed by atoms with Gasteiger partial charge in [0.05, 0.1) is 0 Å². The Labute approximate surface area is 121 Å². The molecule has 2 aromatic rings. The standard InChI is InChI=1S/C15H15F2N3O/c1-9(18)10-3-2-4-11(7-10)19-15(21)20-12-5-6-13(16)14(17)8-12/h2-9H,18H2,1H3,(H2,19,20,21). The fraction of sp³-hybridized carbons (Fsp3) is 0.133. The molecule has 0 aromatic heterocycles. The summed E-state index contributed by atoms with van der Waals surface area (Å²) in [7, 11) is 0. The number of rotatable bonds is 3. The van der Waals surface area contributed by atoms with Crippen LogP contribution in [0.4, 0.5) is 25.0 Å². The summed E-state index contributed by atoms with van der Waals surface area (Å²) >= 11 is 0. The lowest BCUT2D eigenvalue weighted by Crippen LogP contribution is -2.19. The Morgan fingerprint density at radius 1 is 1.05 bits per heavy atom. The Balaban J connectivity index is 2.04. The maximum absolute atomic E-state index is 13.0. The number of nitrogens with two attached hydrogens (primary N) is 1. The van der Waals surface area contributed by atoms with Gasteiger partial charge in [0, 0.05) is 23.5 Å². The van der Waals surface area contributed by atoms with E-state index >= 15 is 0 Å². The molecular formula is C15H15F2N3O. The Morgan fingerprint density at radius 3 is 2.33 bits per heavy atom. The van der Waals surface area contributed by atoms with Crippen LogP contribution in [0.2, 0.25) is 0 Å². The van der Waals surface area contributed by atoms with E-state index in [4.69, 9.17) is 5.73 Å². The van der Waals surface area contributed by atoms with Gasteiger partial charge in [-0.2, -0.15) is 0 Å². The number of halogens is 2. The molecule has 0 radical (unpaired) electrons. The van der Waals surface area contributed by atoms with E-state index in [0.29, 0.717) is 5.69 Å². The summed E-state index contributed by atoms with van der Waals surface area (Å²) in [5.41, 5.74) is 7.36. The van der Waals surface area contributed by atoms with Crippen LogP contribution >= 0.6 is 0 Å². The summed E-state index contributed by atoms with van der Waals surface area (Å²) in [5.74, 6) is -1.99. The van der Waals surface area contributed by atoms with Gasteiger partial charge in [-0.15, -0.1) is 0 Å². The van der Waals surface area contributed by atoms with E-state index in [1.807, 2.05) is 13.0 Å². The highest BCUT2D eigenvalue weighted by Gasteiger charge is 2.07. The van der Waals surface area contributed by atoms with Gasteiger partial charge in [0.15, 0.2) is 11.6 Å². The van der Waals surface area contributed by atoms with Crippen molar-refractivity contribution in [1.82, 2.24) is 0 Å².